The Morgan fingerprint density at radius 2 is 2.17 bits per heavy atom. The summed E-state index contributed by atoms with van der Waals surface area (Å²) in [5.74, 6) is -0.364. The average Bonchev–Trinajstić information content (AvgIpc) is 2.30. The molecule has 0 heterocycles. The number of nitrogens with one attached hydrogen (secondary N) is 1. The molecular formula is C12H16BrFN2S2. The van der Waals surface area contributed by atoms with Crippen LogP contribution in [0.25, 0.3) is 0 Å². The second kappa shape index (κ2) is 6.21. The fraction of sp³-hybridized carbons (Fsp3) is 0.417. The van der Waals surface area contributed by atoms with E-state index in [9.17, 15) is 4.39 Å². The van der Waals surface area contributed by atoms with Crippen molar-refractivity contribution in [2.75, 3.05) is 18.1 Å². The van der Waals surface area contributed by atoms with E-state index in [0.717, 1.165) is 0 Å². The summed E-state index contributed by atoms with van der Waals surface area (Å²) in [6.07, 6.45) is 2.03. The highest BCUT2D eigenvalue weighted by molar-refractivity contribution is 9.10. The van der Waals surface area contributed by atoms with Crippen LogP contribution in [0.15, 0.2) is 16.6 Å². The largest absolute Gasteiger partial charge is 0.389 e. The van der Waals surface area contributed by atoms with Crippen LogP contribution in [-0.2, 0) is 0 Å². The quantitative estimate of drug-likeness (QED) is 0.792. The summed E-state index contributed by atoms with van der Waals surface area (Å²) in [5, 5.41) is 3.10. The molecule has 0 radical (unpaired) electrons. The van der Waals surface area contributed by atoms with Crippen molar-refractivity contribution in [3.05, 3.63) is 28.0 Å². The average molecular weight is 351 g/mol. The van der Waals surface area contributed by atoms with Crippen LogP contribution in [0.2, 0.25) is 0 Å². The van der Waals surface area contributed by atoms with Gasteiger partial charge in [0, 0.05) is 16.9 Å². The minimum atomic E-state index is -0.364. The molecule has 0 saturated carbocycles. The second-order valence-corrected chi connectivity index (χ2v) is 7.22. The van der Waals surface area contributed by atoms with Crippen molar-refractivity contribution in [1.29, 1.82) is 0 Å². The highest BCUT2D eigenvalue weighted by Gasteiger charge is 2.18. The number of thiocarbonyl (C=S) groups is 1. The SMILES string of the molecule is CSC(C)(C)CNc1ccc(C(N)=S)c(Br)c1F. The topological polar surface area (TPSA) is 38.0 Å². The molecule has 0 fully saturated rings. The number of hydrogen-bond donors (Lipinski definition) is 2. The predicted octanol–water partition coefficient (Wildman–Crippen LogP) is 3.78. The lowest BCUT2D eigenvalue weighted by Crippen LogP contribution is -2.26. The second-order valence-electron chi connectivity index (χ2n) is 4.47. The Bertz CT molecular complexity index is 464. The van der Waals surface area contributed by atoms with E-state index in [1.807, 2.05) is 6.26 Å². The Labute approximate surface area is 125 Å². The van der Waals surface area contributed by atoms with Gasteiger partial charge in [-0.25, -0.2) is 4.39 Å². The zero-order chi connectivity index (χ0) is 13.9. The van der Waals surface area contributed by atoms with E-state index in [4.69, 9.17) is 18.0 Å². The molecule has 0 saturated heterocycles. The van der Waals surface area contributed by atoms with Crippen molar-refractivity contribution in [2.24, 2.45) is 5.73 Å². The smallest absolute Gasteiger partial charge is 0.161 e. The van der Waals surface area contributed by atoms with Crippen LogP contribution < -0.4 is 11.1 Å². The van der Waals surface area contributed by atoms with Crippen molar-refractivity contribution in [3.63, 3.8) is 0 Å². The van der Waals surface area contributed by atoms with Crippen LogP contribution >= 0.6 is 39.9 Å². The maximum Gasteiger partial charge on any atom is 0.161 e. The van der Waals surface area contributed by atoms with Gasteiger partial charge in [-0.1, -0.05) is 12.2 Å². The number of halogens is 2. The Morgan fingerprint density at radius 3 is 2.67 bits per heavy atom. The third-order valence-corrected chi connectivity index (χ3v) is 4.85. The summed E-state index contributed by atoms with van der Waals surface area (Å²) in [6.45, 7) is 4.87. The molecule has 0 bridgehead atoms. The zero-order valence-corrected chi connectivity index (χ0v) is 13.7. The van der Waals surface area contributed by atoms with Crippen LogP contribution in [0, 0.1) is 5.82 Å². The van der Waals surface area contributed by atoms with Gasteiger partial charge >= 0.3 is 0 Å². The third-order valence-electron chi connectivity index (χ3n) is 2.60. The van der Waals surface area contributed by atoms with Crippen molar-refractivity contribution in [1.82, 2.24) is 0 Å². The van der Waals surface area contributed by atoms with E-state index >= 15 is 0 Å². The Morgan fingerprint density at radius 1 is 1.56 bits per heavy atom. The fourth-order valence-corrected chi connectivity index (χ4v) is 2.33. The first kappa shape index (κ1) is 15.7. The van der Waals surface area contributed by atoms with Crippen LogP contribution in [0.5, 0.6) is 0 Å². The van der Waals surface area contributed by atoms with Gasteiger partial charge < -0.3 is 11.1 Å². The lowest BCUT2D eigenvalue weighted by atomic mass is 10.1. The molecule has 0 amide bonds. The van der Waals surface area contributed by atoms with Crippen molar-refractivity contribution >= 4 is 50.6 Å². The van der Waals surface area contributed by atoms with Crippen molar-refractivity contribution < 1.29 is 4.39 Å². The lowest BCUT2D eigenvalue weighted by Gasteiger charge is -2.23. The summed E-state index contributed by atoms with van der Waals surface area (Å²) in [5.41, 5.74) is 6.47. The lowest BCUT2D eigenvalue weighted by molar-refractivity contribution is 0.621. The van der Waals surface area contributed by atoms with E-state index in [0.29, 0.717) is 22.3 Å². The van der Waals surface area contributed by atoms with Gasteiger partial charge in [-0.3, -0.25) is 0 Å². The maximum atomic E-state index is 14.1. The Hall–Kier alpha value is -0.330. The molecule has 1 aromatic carbocycles. The molecule has 0 aromatic heterocycles. The first-order valence-corrected chi connectivity index (χ1v) is 7.78. The number of rotatable bonds is 5. The normalized spacial score (nSPS) is 11.4. The van der Waals surface area contributed by atoms with Gasteiger partial charge in [-0.05, 0) is 48.2 Å². The number of nitrogens with two attached hydrogens (primary N) is 1. The fourth-order valence-electron chi connectivity index (χ4n) is 1.26. The predicted molar refractivity (Wildman–Crippen MR) is 86.1 cm³/mol. The minimum absolute atomic E-state index is 0.0424. The first-order valence-electron chi connectivity index (χ1n) is 5.35. The van der Waals surface area contributed by atoms with E-state index in [1.165, 1.54) is 0 Å². The molecule has 100 valence electrons. The molecule has 18 heavy (non-hydrogen) atoms. The van der Waals surface area contributed by atoms with Gasteiger partial charge in [0.2, 0.25) is 0 Å². The zero-order valence-electron chi connectivity index (χ0n) is 10.5. The van der Waals surface area contributed by atoms with Gasteiger partial charge in [0.1, 0.15) is 4.99 Å². The standard InChI is InChI=1S/C12H16BrFN2S2/c1-12(2,18-3)6-16-8-5-4-7(11(15)17)9(13)10(8)14/h4-5,16H,6H2,1-3H3,(H2,15,17). The molecule has 0 unspecified atom stereocenters. The molecule has 0 atom stereocenters. The molecular weight excluding hydrogens is 335 g/mol. The van der Waals surface area contributed by atoms with E-state index in [-0.39, 0.29) is 15.6 Å². The molecule has 3 N–H and O–H groups in total. The summed E-state index contributed by atoms with van der Waals surface area (Å²) < 4.78 is 14.4. The molecule has 1 aromatic rings. The summed E-state index contributed by atoms with van der Waals surface area (Å²) in [6, 6.07) is 3.37. The third kappa shape index (κ3) is 3.83. The molecule has 0 aliphatic carbocycles. The Balaban J connectivity index is 2.93. The highest BCUT2D eigenvalue weighted by atomic mass is 79.9. The number of anilines is 1. The molecule has 0 spiro atoms. The molecule has 0 aliphatic rings. The van der Waals surface area contributed by atoms with Crippen LogP contribution in [0.3, 0.4) is 0 Å². The van der Waals surface area contributed by atoms with Crippen LogP contribution in [0.1, 0.15) is 19.4 Å². The highest BCUT2D eigenvalue weighted by Crippen LogP contribution is 2.28. The minimum Gasteiger partial charge on any atom is -0.389 e. The first-order chi connectivity index (χ1) is 8.28. The molecule has 0 aliphatic heterocycles. The van der Waals surface area contributed by atoms with E-state index in [1.54, 1.807) is 23.9 Å². The molecule has 6 heteroatoms. The van der Waals surface area contributed by atoms with Gasteiger partial charge in [0.15, 0.2) is 5.82 Å². The van der Waals surface area contributed by atoms with E-state index < -0.39 is 0 Å². The number of benzene rings is 1. The summed E-state index contributed by atoms with van der Waals surface area (Å²) in [7, 11) is 0. The molecule has 2 nitrogen and oxygen atoms in total. The maximum absolute atomic E-state index is 14.1. The summed E-state index contributed by atoms with van der Waals surface area (Å²) in [4.78, 5) is 0.178. The van der Waals surface area contributed by atoms with Crippen LogP contribution in [-0.4, -0.2) is 22.5 Å². The van der Waals surface area contributed by atoms with Gasteiger partial charge in [0.05, 0.1) is 10.2 Å². The number of thioether (sulfide) groups is 1. The summed E-state index contributed by atoms with van der Waals surface area (Å²) >= 11 is 9.76. The van der Waals surface area contributed by atoms with Gasteiger partial charge in [0.25, 0.3) is 0 Å². The molecule has 1 rings (SSSR count). The van der Waals surface area contributed by atoms with Gasteiger partial charge in [-0.15, -0.1) is 0 Å². The Kier molecular flexibility index (Phi) is 5.43. The van der Waals surface area contributed by atoms with Crippen molar-refractivity contribution in [2.45, 2.75) is 18.6 Å². The van der Waals surface area contributed by atoms with Gasteiger partial charge in [-0.2, -0.15) is 11.8 Å². The van der Waals surface area contributed by atoms with E-state index in [2.05, 4.69) is 35.1 Å². The van der Waals surface area contributed by atoms with Crippen LogP contribution in [0.4, 0.5) is 10.1 Å². The van der Waals surface area contributed by atoms with Crippen molar-refractivity contribution in [3.8, 4) is 0 Å². The number of hydrogen-bond acceptors (Lipinski definition) is 3. The monoisotopic (exact) mass is 350 g/mol.